The molecular formula is C19H15FN2O5. The number of rotatable bonds is 6. The van der Waals surface area contributed by atoms with Crippen molar-refractivity contribution in [3.63, 3.8) is 0 Å². The van der Waals surface area contributed by atoms with Crippen molar-refractivity contribution in [1.82, 2.24) is 10.3 Å². The summed E-state index contributed by atoms with van der Waals surface area (Å²) in [5.41, 5.74) is 0.0452. The largest absolute Gasteiger partial charge is 0.490 e. The minimum atomic E-state index is -0.601. The van der Waals surface area contributed by atoms with Crippen LogP contribution in [0.4, 0.5) is 4.39 Å². The molecule has 0 aliphatic rings. The van der Waals surface area contributed by atoms with Crippen molar-refractivity contribution in [3.05, 3.63) is 82.3 Å². The molecule has 2 aromatic heterocycles. The van der Waals surface area contributed by atoms with Gasteiger partial charge in [-0.3, -0.25) is 9.59 Å². The topological polar surface area (TPSA) is 90.7 Å². The van der Waals surface area contributed by atoms with E-state index in [1.165, 1.54) is 25.4 Å². The highest BCUT2D eigenvalue weighted by atomic mass is 19.1. The zero-order chi connectivity index (χ0) is 19.2. The van der Waals surface area contributed by atoms with Crippen LogP contribution in [0.3, 0.4) is 0 Å². The molecule has 0 aliphatic carbocycles. The third kappa shape index (κ3) is 4.30. The molecule has 0 spiro atoms. The predicted molar refractivity (Wildman–Crippen MR) is 93.4 cm³/mol. The molecule has 3 aromatic rings. The fourth-order valence-corrected chi connectivity index (χ4v) is 2.21. The van der Waals surface area contributed by atoms with E-state index in [2.05, 4.69) is 10.3 Å². The molecule has 27 heavy (non-hydrogen) atoms. The van der Waals surface area contributed by atoms with Gasteiger partial charge in [0.15, 0.2) is 17.3 Å². The lowest BCUT2D eigenvalue weighted by atomic mass is 10.2. The van der Waals surface area contributed by atoms with Gasteiger partial charge in [0.1, 0.15) is 6.26 Å². The number of hydrogen-bond acceptors (Lipinski definition) is 6. The van der Waals surface area contributed by atoms with Crippen LogP contribution >= 0.6 is 0 Å². The summed E-state index contributed by atoms with van der Waals surface area (Å²) in [6, 6.07) is 10.3. The van der Waals surface area contributed by atoms with E-state index in [1.54, 1.807) is 24.3 Å². The van der Waals surface area contributed by atoms with Gasteiger partial charge in [-0.25, -0.2) is 9.37 Å². The Balaban J connectivity index is 1.73. The molecule has 8 heteroatoms. The Bertz CT molecular complexity index is 1020. The van der Waals surface area contributed by atoms with Crippen molar-refractivity contribution in [2.45, 2.75) is 6.54 Å². The molecule has 0 fully saturated rings. The van der Waals surface area contributed by atoms with Crippen LogP contribution < -0.4 is 20.2 Å². The molecule has 7 nitrogen and oxygen atoms in total. The van der Waals surface area contributed by atoms with Gasteiger partial charge < -0.3 is 19.2 Å². The van der Waals surface area contributed by atoms with Crippen LogP contribution in [0.2, 0.25) is 0 Å². The Labute approximate surface area is 153 Å². The lowest BCUT2D eigenvalue weighted by Crippen LogP contribution is -2.24. The number of ether oxygens (including phenoxy) is 2. The number of carbonyl (C=O) groups excluding carboxylic acids is 1. The Morgan fingerprint density at radius 3 is 2.78 bits per heavy atom. The van der Waals surface area contributed by atoms with E-state index in [0.717, 1.165) is 12.3 Å². The number of aromatic nitrogens is 1. The van der Waals surface area contributed by atoms with Crippen LogP contribution in [0, 0.1) is 5.82 Å². The third-order valence-corrected chi connectivity index (χ3v) is 3.57. The van der Waals surface area contributed by atoms with Gasteiger partial charge in [-0.15, -0.1) is 0 Å². The quantitative estimate of drug-likeness (QED) is 0.717. The zero-order valence-electron chi connectivity index (χ0n) is 14.3. The van der Waals surface area contributed by atoms with E-state index in [4.69, 9.17) is 13.9 Å². The van der Waals surface area contributed by atoms with Crippen molar-refractivity contribution < 1.29 is 23.1 Å². The average molecular weight is 370 g/mol. The molecule has 0 bridgehead atoms. The molecule has 2 heterocycles. The Kier molecular flexibility index (Phi) is 5.46. The summed E-state index contributed by atoms with van der Waals surface area (Å²) in [7, 11) is 1.32. The first-order valence-corrected chi connectivity index (χ1v) is 7.90. The molecule has 0 aliphatic heterocycles. The first kappa shape index (κ1) is 18.1. The Morgan fingerprint density at radius 1 is 1.22 bits per heavy atom. The number of nitrogens with one attached hydrogen (secondary N) is 1. The molecule has 0 radical (unpaired) electrons. The maximum absolute atomic E-state index is 13.8. The van der Waals surface area contributed by atoms with Crippen molar-refractivity contribution in [2.75, 3.05) is 7.11 Å². The highest BCUT2D eigenvalue weighted by Gasteiger charge is 2.14. The fourth-order valence-electron chi connectivity index (χ4n) is 2.21. The number of amides is 1. The van der Waals surface area contributed by atoms with Gasteiger partial charge in [0.05, 0.1) is 7.11 Å². The van der Waals surface area contributed by atoms with Gasteiger partial charge in [-0.1, -0.05) is 18.2 Å². The predicted octanol–water partition coefficient (Wildman–Crippen LogP) is 2.90. The monoisotopic (exact) mass is 370 g/mol. The Hall–Kier alpha value is -3.68. The van der Waals surface area contributed by atoms with Crippen LogP contribution in [0.5, 0.6) is 17.4 Å². The summed E-state index contributed by atoms with van der Waals surface area (Å²) in [6.07, 6.45) is 2.55. The second-order valence-electron chi connectivity index (χ2n) is 5.36. The maximum Gasteiger partial charge on any atom is 0.287 e. The average Bonchev–Trinajstić information content (AvgIpc) is 2.68. The highest BCUT2D eigenvalue weighted by molar-refractivity contribution is 5.91. The van der Waals surface area contributed by atoms with E-state index in [-0.39, 0.29) is 29.7 Å². The summed E-state index contributed by atoms with van der Waals surface area (Å²) < 4.78 is 29.2. The smallest absolute Gasteiger partial charge is 0.287 e. The SMILES string of the molecule is COc1coc(C(=O)NCc2cccnc2Oc2ccccc2F)cc1=O. The number of para-hydroxylation sites is 1. The zero-order valence-corrected chi connectivity index (χ0v) is 14.3. The van der Waals surface area contributed by atoms with Crippen LogP contribution in [0.25, 0.3) is 0 Å². The molecule has 0 atom stereocenters. The molecule has 0 saturated carbocycles. The minimum absolute atomic E-state index is 0.000571. The van der Waals surface area contributed by atoms with Crippen LogP contribution in [-0.2, 0) is 6.54 Å². The molecule has 0 unspecified atom stereocenters. The second-order valence-corrected chi connectivity index (χ2v) is 5.36. The number of methoxy groups -OCH3 is 1. The van der Waals surface area contributed by atoms with E-state index in [9.17, 15) is 14.0 Å². The summed E-state index contributed by atoms with van der Waals surface area (Å²) in [6.45, 7) is 0.0339. The van der Waals surface area contributed by atoms with Crippen molar-refractivity contribution in [3.8, 4) is 17.4 Å². The van der Waals surface area contributed by atoms with Gasteiger partial charge in [0.2, 0.25) is 17.1 Å². The van der Waals surface area contributed by atoms with Gasteiger partial charge >= 0.3 is 0 Å². The molecule has 1 N–H and O–H groups in total. The first-order chi connectivity index (χ1) is 13.1. The standard InChI is InChI=1S/C19H15FN2O5/c1-25-17-11-26-16(9-14(17)23)18(24)22-10-12-5-4-8-21-19(12)27-15-7-3-2-6-13(15)20/h2-9,11H,10H2,1H3,(H,22,24). The summed E-state index contributed by atoms with van der Waals surface area (Å²) in [5.74, 6) is -1.13. The number of nitrogens with zero attached hydrogens (tertiary/aromatic N) is 1. The number of pyridine rings is 1. The van der Waals surface area contributed by atoms with E-state index in [0.29, 0.717) is 5.56 Å². The summed E-state index contributed by atoms with van der Waals surface area (Å²) >= 11 is 0. The van der Waals surface area contributed by atoms with E-state index < -0.39 is 17.2 Å². The lowest BCUT2D eigenvalue weighted by molar-refractivity contribution is 0.0920. The summed E-state index contributed by atoms with van der Waals surface area (Å²) in [5, 5.41) is 2.59. The van der Waals surface area contributed by atoms with Gasteiger partial charge in [-0.2, -0.15) is 0 Å². The van der Waals surface area contributed by atoms with Crippen molar-refractivity contribution in [2.24, 2.45) is 0 Å². The first-order valence-electron chi connectivity index (χ1n) is 7.90. The Morgan fingerprint density at radius 2 is 2.04 bits per heavy atom. The minimum Gasteiger partial charge on any atom is -0.490 e. The second kappa shape index (κ2) is 8.13. The van der Waals surface area contributed by atoms with Crippen LogP contribution in [0.15, 0.2) is 64.1 Å². The lowest BCUT2D eigenvalue weighted by Gasteiger charge is -2.11. The number of hydrogen-bond donors (Lipinski definition) is 1. The number of carbonyl (C=O) groups is 1. The normalized spacial score (nSPS) is 10.3. The molecule has 1 amide bonds. The molecule has 3 rings (SSSR count). The third-order valence-electron chi connectivity index (χ3n) is 3.57. The number of halogens is 1. The van der Waals surface area contributed by atoms with Gasteiger partial charge in [0, 0.05) is 24.4 Å². The molecule has 138 valence electrons. The molecular weight excluding hydrogens is 355 g/mol. The van der Waals surface area contributed by atoms with Crippen LogP contribution in [-0.4, -0.2) is 18.0 Å². The van der Waals surface area contributed by atoms with Crippen molar-refractivity contribution >= 4 is 5.91 Å². The molecule has 0 saturated heterocycles. The highest BCUT2D eigenvalue weighted by Crippen LogP contribution is 2.25. The van der Waals surface area contributed by atoms with Crippen LogP contribution in [0.1, 0.15) is 16.1 Å². The maximum atomic E-state index is 13.8. The van der Waals surface area contributed by atoms with E-state index in [1.807, 2.05) is 0 Å². The summed E-state index contributed by atoms with van der Waals surface area (Å²) in [4.78, 5) is 28.0. The van der Waals surface area contributed by atoms with Gasteiger partial charge in [-0.05, 0) is 18.2 Å². The molecule has 1 aromatic carbocycles. The number of benzene rings is 1. The van der Waals surface area contributed by atoms with Gasteiger partial charge in [0.25, 0.3) is 5.91 Å². The fraction of sp³-hybridized carbons (Fsp3) is 0.105. The van der Waals surface area contributed by atoms with Crippen molar-refractivity contribution in [1.29, 1.82) is 0 Å². The van der Waals surface area contributed by atoms with E-state index >= 15 is 0 Å².